The molecule has 2 N–H and O–H groups in total. The van der Waals surface area contributed by atoms with Gasteiger partial charge in [-0.15, -0.1) is 0 Å². The molecule has 10 heavy (non-hydrogen) atoms. The van der Waals surface area contributed by atoms with Gasteiger partial charge in [0, 0.05) is 0 Å². The predicted octanol–water partition coefficient (Wildman–Crippen LogP) is 0.986. The third-order valence-electron chi connectivity index (χ3n) is 1.53. The van der Waals surface area contributed by atoms with Crippen molar-refractivity contribution in [3.63, 3.8) is 0 Å². The Morgan fingerprint density at radius 3 is 2.30 bits per heavy atom. The van der Waals surface area contributed by atoms with Crippen LogP contribution in [0.5, 0.6) is 0 Å². The molecule has 2 heteroatoms. The highest BCUT2D eigenvalue weighted by Crippen LogP contribution is 1.91. The van der Waals surface area contributed by atoms with Crippen molar-refractivity contribution in [1.29, 1.82) is 0 Å². The monoisotopic (exact) mass is 144 g/mol. The zero-order valence-electron chi connectivity index (χ0n) is 7.24. The Hall–Kier alpha value is -0.0800. The predicted molar refractivity (Wildman–Crippen MR) is 46.3 cm³/mol. The summed E-state index contributed by atoms with van der Waals surface area (Å²) in [6, 6.07) is 0. The topological polar surface area (TPSA) is 24.1 Å². The van der Waals surface area contributed by atoms with Crippen LogP contribution in [-0.4, -0.2) is 26.7 Å². The molecule has 0 atom stereocenters. The number of unbranched alkanes of at least 4 members (excludes halogenated alkanes) is 2. The van der Waals surface area contributed by atoms with Crippen molar-refractivity contribution >= 4 is 0 Å². The molecule has 62 valence electrons. The van der Waals surface area contributed by atoms with E-state index in [2.05, 4.69) is 17.6 Å². The van der Waals surface area contributed by atoms with E-state index in [1.165, 1.54) is 25.8 Å². The van der Waals surface area contributed by atoms with Crippen LogP contribution in [-0.2, 0) is 0 Å². The van der Waals surface area contributed by atoms with Crippen molar-refractivity contribution in [2.45, 2.75) is 26.2 Å². The van der Waals surface area contributed by atoms with Crippen molar-refractivity contribution in [3.8, 4) is 0 Å². The van der Waals surface area contributed by atoms with Crippen molar-refractivity contribution in [3.05, 3.63) is 0 Å². The van der Waals surface area contributed by atoms with Gasteiger partial charge in [-0.25, -0.2) is 0 Å². The molecule has 0 fully saturated rings. The Labute approximate surface area is 64.4 Å². The van der Waals surface area contributed by atoms with Gasteiger partial charge in [0.1, 0.15) is 0 Å². The average Bonchev–Trinajstić information content (AvgIpc) is 1.97. The summed E-state index contributed by atoms with van der Waals surface area (Å²) < 4.78 is 0. The summed E-state index contributed by atoms with van der Waals surface area (Å²) in [5, 5.41) is 6.44. The quantitative estimate of drug-likeness (QED) is 0.521. The molecule has 0 saturated carbocycles. The highest BCUT2D eigenvalue weighted by atomic mass is 14.8. The van der Waals surface area contributed by atoms with E-state index in [1.807, 2.05) is 7.05 Å². The second-order valence-corrected chi connectivity index (χ2v) is 2.52. The van der Waals surface area contributed by atoms with E-state index in [0.29, 0.717) is 0 Å². The summed E-state index contributed by atoms with van der Waals surface area (Å²) in [4.78, 5) is 0. The second-order valence-electron chi connectivity index (χ2n) is 2.52. The van der Waals surface area contributed by atoms with Gasteiger partial charge in [-0.1, -0.05) is 13.3 Å². The maximum atomic E-state index is 3.30. The molecule has 0 unspecified atom stereocenters. The lowest BCUT2D eigenvalue weighted by Crippen LogP contribution is -2.14. The minimum Gasteiger partial charge on any atom is -0.320 e. The summed E-state index contributed by atoms with van der Waals surface area (Å²) in [6.45, 7) is 5.59. The van der Waals surface area contributed by atoms with Gasteiger partial charge in [0.05, 0.1) is 0 Å². The molecule has 0 bridgehead atoms. The van der Waals surface area contributed by atoms with E-state index in [0.717, 1.165) is 13.1 Å². The van der Waals surface area contributed by atoms with E-state index >= 15 is 0 Å². The molecule has 2 nitrogen and oxygen atoms in total. The molecule has 0 aliphatic heterocycles. The fourth-order valence-corrected chi connectivity index (χ4v) is 0.905. The first-order valence-corrected chi connectivity index (χ1v) is 4.27. The first kappa shape index (κ1) is 9.92. The number of nitrogens with one attached hydrogen (secondary N) is 2. The van der Waals surface area contributed by atoms with Gasteiger partial charge in [-0.05, 0) is 39.5 Å². The average molecular weight is 144 g/mol. The molecule has 0 aliphatic carbocycles. The van der Waals surface area contributed by atoms with Crippen molar-refractivity contribution < 1.29 is 0 Å². The van der Waals surface area contributed by atoms with E-state index in [-0.39, 0.29) is 0 Å². The van der Waals surface area contributed by atoms with Gasteiger partial charge in [-0.2, -0.15) is 0 Å². The van der Waals surface area contributed by atoms with Crippen LogP contribution in [0, 0.1) is 0 Å². The summed E-state index contributed by atoms with van der Waals surface area (Å²) in [7, 11) is 2.00. The molecule has 0 spiro atoms. The molecular weight excluding hydrogens is 124 g/mol. The van der Waals surface area contributed by atoms with E-state index in [1.54, 1.807) is 0 Å². The highest BCUT2D eigenvalue weighted by Gasteiger charge is 1.86. The van der Waals surface area contributed by atoms with Crippen LogP contribution in [0.4, 0.5) is 0 Å². The second kappa shape index (κ2) is 8.92. The third kappa shape index (κ3) is 7.92. The first-order chi connectivity index (χ1) is 4.91. The number of rotatable bonds is 7. The Kier molecular flexibility index (Phi) is 8.85. The Bertz CT molecular complexity index is 47.2. The van der Waals surface area contributed by atoms with Crippen LogP contribution in [0.25, 0.3) is 0 Å². The maximum absolute atomic E-state index is 3.30. The van der Waals surface area contributed by atoms with Crippen molar-refractivity contribution in [2.75, 3.05) is 26.7 Å². The molecule has 0 heterocycles. The summed E-state index contributed by atoms with van der Waals surface area (Å²) >= 11 is 0. The largest absolute Gasteiger partial charge is 0.320 e. The fraction of sp³-hybridized carbons (Fsp3) is 1.00. The Morgan fingerprint density at radius 2 is 1.70 bits per heavy atom. The van der Waals surface area contributed by atoms with Crippen LogP contribution in [0.1, 0.15) is 26.2 Å². The van der Waals surface area contributed by atoms with Gasteiger partial charge >= 0.3 is 0 Å². The highest BCUT2D eigenvalue weighted by molar-refractivity contribution is 4.47. The molecule has 0 aromatic carbocycles. The molecule has 0 saturated heterocycles. The molecule has 0 aromatic rings. The van der Waals surface area contributed by atoms with Gasteiger partial charge in [0.2, 0.25) is 0 Å². The molecule has 0 aromatic heterocycles. The van der Waals surface area contributed by atoms with Crippen LogP contribution in [0.15, 0.2) is 0 Å². The van der Waals surface area contributed by atoms with Crippen molar-refractivity contribution in [2.24, 2.45) is 0 Å². The maximum Gasteiger partial charge on any atom is -0.00490 e. The number of hydrogen-bond acceptors (Lipinski definition) is 2. The smallest absolute Gasteiger partial charge is 0.00490 e. The zero-order chi connectivity index (χ0) is 7.66. The van der Waals surface area contributed by atoms with Gasteiger partial charge in [0.15, 0.2) is 0 Å². The lowest BCUT2D eigenvalue weighted by atomic mass is 10.2. The molecular formula is C8H20N2. The van der Waals surface area contributed by atoms with E-state index < -0.39 is 0 Å². The lowest BCUT2D eigenvalue weighted by Gasteiger charge is -2.00. The normalized spacial score (nSPS) is 10.2. The van der Waals surface area contributed by atoms with Crippen LogP contribution >= 0.6 is 0 Å². The summed E-state index contributed by atoms with van der Waals surface area (Å²) in [5.41, 5.74) is 0. The third-order valence-corrected chi connectivity index (χ3v) is 1.53. The number of hydrogen-bond donors (Lipinski definition) is 2. The van der Waals surface area contributed by atoms with Crippen LogP contribution in [0.2, 0.25) is 0 Å². The van der Waals surface area contributed by atoms with Gasteiger partial charge in [-0.3, -0.25) is 0 Å². The first-order valence-electron chi connectivity index (χ1n) is 4.27. The van der Waals surface area contributed by atoms with Gasteiger partial charge < -0.3 is 10.6 Å². The minimum atomic E-state index is 1.10. The van der Waals surface area contributed by atoms with E-state index in [4.69, 9.17) is 0 Å². The molecule has 0 amide bonds. The Balaban J connectivity index is 2.65. The minimum absolute atomic E-state index is 1.10. The van der Waals surface area contributed by atoms with Crippen molar-refractivity contribution in [1.82, 2.24) is 10.6 Å². The van der Waals surface area contributed by atoms with Crippen LogP contribution < -0.4 is 10.6 Å². The zero-order valence-corrected chi connectivity index (χ0v) is 7.24. The summed E-state index contributed by atoms with van der Waals surface area (Å²) in [6.07, 6.45) is 3.96. The molecule has 0 rings (SSSR count). The fourth-order valence-electron chi connectivity index (χ4n) is 0.905. The molecule has 0 aliphatic rings. The lowest BCUT2D eigenvalue weighted by molar-refractivity contribution is 0.601. The Morgan fingerprint density at radius 1 is 1.00 bits per heavy atom. The van der Waals surface area contributed by atoms with E-state index in [9.17, 15) is 0 Å². The standard InChI is InChI=1S/C8H20N2/c1-3-10-8-6-4-5-7-9-2/h9-10H,3-8H2,1-2H3. The molecule has 0 radical (unpaired) electrons. The SMILES string of the molecule is CCNCCCCCNC. The van der Waals surface area contributed by atoms with Crippen LogP contribution in [0.3, 0.4) is 0 Å². The summed E-state index contributed by atoms with van der Waals surface area (Å²) in [5.74, 6) is 0. The van der Waals surface area contributed by atoms with Gasteiger partial charge in [0.25, 0.3) is 0 Å².